The summed E-state index contributed by atoms with van der Waals surface area (Å²) < 4.78 is 0. The van der Waals surface area contributed by atoms with Crippen molar-refractivity contribution >= 4 is 35.3 Å². The van der Waals surface area contributed by atoms with Crippen molar-refractivity contribution in [2.75, 3.05) is 0 Å². The van der Waals surface area contributed by atoms with E-state index in [0.29, 0.717) is 19.3 Å². The molecule has 0 aliphatic carbocycles. The van der Waals surface area contributed by atoms with Crippen molar-refractivity contribution in [3.05, 3.63) is 0 Å². The molecule has 28 heavy (non-hydrogen) atoms. The summed E-state index contributed by atoms with van der Waals surface area (Å²) in [6.07, 6.45) is 0.951. The average Bonchev–Trinajstić information content (AvgIpc) is 2.47. The molecule has 0 saturated carbocycles. The number of hydrogen-bond acceptors (Lipinski definition) is 9. The van der Waals surface area contributed by atoms with E-state index in [1.165, 1.54) is 20.8 Å². The Bertz CT molecular complexity index is 425. The van der Waals surface area contributed by atoms with Crippen molar-refractivity contribution in [3.63, 3.8) is 0 Å². The molecule has 0 fully saturated rings. The molecule has 10 heteroatoms. The molecule has 0 heterocycles. The molecule has 0 aromatic carbocycles. The summed E-state index contributed by atoms with van der Waals surface area (Å²) in [5.74, 6) is -7.56. The summed E-state index contributed by atoms with van der Waals surface area (Å²) in [5.41, 5.74) is 0. The fourth-order valence-corrected chi connectivity index (χ4v) is 1.86. The first-order chi connectivity index (χ1) is 12.3. The van der Waals surface area contributed by atoms with Crippen molar-refractivity contribution in [2.45, 2.75) is 60.8 Å². The molecule has 0 N–H and O–H groups in total. The Morgan fingerprint density at radius 1 is 0.536 bits per heavy atom. The summed E-state index contributed by atoms with van der Waals surface area (Å²) in [5, 5.41) is 30.1. The number of aliphatic carboxylic acids is 3. The van der Waals surface area contributed by atoms with Crippen LogP contribution in [0, 0.1) is 53.4 Å². The van der Waals surface area contributed by atoms with Crippen LogP contribution >= 0.6 is 0 Å². The van der Waals surface area contributed by atoms with E-state index >= 15 is 0 Å². The molecule has 0 radical (unpaired) electrons. The second-order valence-electron chi connectivity index (χ2n) is 5.67. The van der Waals surface area contributed by atoms with Gasteiger partial charge in [0, 0.05) is 0 Å². The largest absolute Gasteiger partial charge is 3.00 e. The minimum Gasteiger partial charge on any atom is -0.549 e. The number of ketones is 3. The molecule has 0 amide bonds. The topological polar surface area (TPSA) is 172 Å². The zero-order valence-electron chi connectivity index (χ0n) is 17.1. The third-order valence-corrected chi connectivity index (χ3v) is 3.55. The second-order valence-corrected chi connectivity index (χ2v) is 5.67. The summed E-state index contributed by atoms with van der Waals surface area (Å²) in [6, 6.07) is 0. The SMILES string of the molecule is CCC(C(C)=O)C(=O)[O-].CCC(C(C)=O)C(=O)[O-].CCC(C(C)=O)C(=O)[O-].[La+3]. The molecule has 3 atom stereocenters. The number of Topliss-reactive ketones (excluding diaryl/α,β-unsaturated/α-hetero) is 3. The Kier molecular flexibility index (Phi) is 23.1. The maximum atomic E-state index is 10.4. The Labute approximate surface area is 192 Å². The van der Waals surface area contributed by atoms with Crippen LogP contribution in [0.4, 0.5) is 0 Å². The van der Waals surface area contributed by atoms with Gasteiger partial charge in [0.25, 0.3) is 0 Å². The van der Waals surface area contributed by atoms with Crippen LogP contribution in [0.3, 0.4) is 0 Å². The maximum Gasteiger partial charge on any atom is 3.00 e. The van der Waals surface area contributed by atoms with Crippen molar-refractivity contribution < 1.29 is 79.7 Å². The van der Waals surface area contributed by atoms with Crippen LogP contribution in [0.2, 0.25) is 0 Å². The van der Waals surface area contributed by atoms with Gasteiger partial charge in [-0.25, -0.2) is 0 Å². The predicted molar refractivity (Wildman–Crippen MR) is 88.4 cm³/mol. The van der Waals surface area contributed by atoms with Gasteiger partial charge in [-0.2, -0.15) is 0 Å². The fraction of sp³-hybridized carbons (Fsp3) is 0.667. The van der Waals surface area contributed by atoms with E-state index in [4.69, 9.17) is 0 Å². The van der Waals surface area contributed by atoms with Gasteiger partial charge in [0.05, 0.1) is 35.7 Å². The first-order valence-corrected chi connectivity index (χ1v) is 8.42. The molecule has 0 spiro atoms. The fourth-order valence-electron chi connectivity index (χ4n) is 1.86. The monoisotopic (exact) mass is 526 g/mol. The molecule has 3 unspecified atom stereocenters. The molecular formula is C18H27LaO9. The first kappa shape index (κ1) is 34.1. The van der Waals surface area contributed by atoms with Gasteiger partial charge in [0.15, 0.2) is 0 Å². The molecule has 9 nitrogen and oxygen atoms in total. The molecule has 0 aliphatic heterocycles. The third-order valence-electron chi connectivity index (χ3n) is 3.55. The molecule has 0 aliphatic rings. The van der Waals surface area contributed by atoms with Gasteiger partial charge < -0.3 is 29.7 Å². The Hall–Kier alpha value is -1.39. The van der Waals surface area contributed by atoms with E-state index in [0.717, 1.165) is 0 Å². The zero-order chi connectivity index (χ0) is 22.3. The third kappa shape index (κ3) is 16.8. The van der Waals surface area contributed by atoms with E-state index in [1.807, 2.05) is 0 Å². The Morgan fingerprint density at radius 2 is 0.679 bits per heavy atom. The summed E-state index contributed by atoms with van der Waals surface area (Å²) >= 11 is 0. The number of hydrogen-bond donors (Lipinski definition) is 0. The van der Waals surface area contributed by atoms with Gasteiger partial charge in [-0.05, 0) is 40.0 Å². The van der Waals surface area contributed by atoms with Gasteiger partial charge in [0.1, 0.15) is 17.3 Å². The summed E-state index contributed by atoms with van der Waals surface area (Å²) in [6.45, 7) is 8.68. The Morgan fingerprint density at radius 3 is 0.679 bits per heavy atom. The van der Waals surface area contributed by atoms with E-state index in [9.17, 15) is 44.1 Å². The van der Waals surface area contributed by atoms with Gasteiger partial charge >= 0.3 is 35.6 Å². The number of carboxylic acids is 3. The zero-order valence-corrected chi connectivity index (χ0v) is 20.7. The smallest absolute Gasteiger partial charge is 0.549 e. The van der Waals surface area contributed by atoms with Crippen LogP contribution in [-0.4, -0.2) is 35.3 Å². The van der Waals surface area contributed by atoms with Crippen LogP contribution in [0.25, 0.3) is 0 Å². The first-order valence-electron chi connectivity index (χ1n) is 8.42. The quantitative estimate of drug-likeness (QED) is 0.310. The van der Waals surface area contributed by atoms with E-state index in [2.05, 4.69) is 0 Å². The van der Waals surface area contributed by atoms with Gasteiger partial charge in [-0.1, -0.05) is 20.8 Å². The minimum absolute atomic E-state index is 0. The summed E-state index contributed by atoms with van der Waals surface area (Å²) in [7, 11) is 0. The molecule has 0 bridgehead atoms. The average molecular weight is 526 g/mol. The van der Waals surface area contributed by atoms with Crippen molar-refractivity contribution in [2.24, 2.45) is 17.8 Å². The number of carbonyl (C=O) groups is 6. The van der Waals surface area contributed by atoms with Crippen LogP contribution in [-0.2, 0) is 28.8 Å². The van der Waals surface area contributed by atoms with Crippen LogP contribution < -0.4 is 15.3 Å². The number of carboxylic acid groups (broad SMARTS) is 3. The van der Waals surface area contributed by atoms with Crippen molar-refractivity contribution in [1.29, 1.82) is 0 Å². The molecule has 156 valence electrons. The number of carbonyl (C=O) groups excluding carboxylic acids is 6. The standard InChI is InChI=1S/3C6H10O3.La/c3*1-3-5(4(2)7)6(8)9;/h3*5H,3H2,1-2H3,(H,8,9);/q;;;+3/p-3. The van der Waals surface area contributed by atoms with E-state index in [1.54, 1.807) is 20.8 Å². The van der Waals surface area contributed by atoms with Crippen molar-refractivity contribution in [3.8, 4) is 0 Å². The maximum absolute atomic E-state index is 10.4. The molecule has 0 rings (SSSR count). The van der Waals surface area contributed by atoms with Crippen LogP contribution in [0.1, 0.15) is 60.8 Å². The second kappa shape index (κ2) is 19.0. The van der Waals surface area contributed by atoms with Crippen LogP contribution in [0.5, 0.6) is 0 Å². The van der Waals surface area contributed by atoms with Gasteiger partial charge in [-0.15, -0.1) is 0 Å². The van der Waals surface area contributed by atoms with Crippen LogP contribution in [0.15, 0.2) is 0 Å². The van der Waals surface area contributed by atoms with Crippen molar-refractivity contribution in [1.82, 2.24) is 0 Å². The molecule has 0 aromatic rings. The molecular weight excluding hydrogens is 499 g/mol. The number of rotatable bonds is 9. The summed E-state index contributed by atoms with van der Waals surface area (Å²) in [4.78, 5) is 61.3. The Balaban J connectivity index is -0.000000152. The minimum atomic E-state index is -1.27. The van der Waals surface area contributed by atoms with Gasteiger partial charge in [0.2, 0.25) is 0 Å². The van der Waals surface area contributed by atoms with Gasteiger partial charge in [-0.3, -0.25) is 14.4 Å². The normalized spacial score (nSPS) is 12.2. The van der Waals surface area contributed by atoms with E-state index in [-0.39, 0.29) is 52.9 Å². The molecule has 0 aromatic heterocycles. The predicted octanol–water partition coefficient (Wildman–Crippen LogP) is -1.95. The van der Waals surface area contributed by atoms with E-state index < -0.39 is 35.7 Å². The molecule has 0 saturated heterocycles.